The van der Waals surface area contributed by atoms with Crippen molar-refractivity contribution < 1.29 is 13.5 Å². The van der Waals surface area contributed by atoms with E-state index in [0.29, 0.717) is 5.56 Å². The number of hydrogen-bond donors (Lipinski definition) is 0. The van der Waals surface area contributed by atoms with Gasteiger partial charge < -0.3 is 4.74 Å². The van der Waals surface area contributed by atoms with Gasteiger partial charge in [-0.05, 0) is 13.0 Å². The molecular formula is C9H10F2O. The van der Waals surface area contributed by atoms with Crippen molar-refractivity contribution >= 4 is 0 Å². The van der Waals surface area contributed by atoms with Crippen molar-refractivity contribution in [1.82, 2.24) is 0 Å². The predicted molar refractivity (Wildman–Crippen MR) is 41.8 cm³/mol. The minimum absolute atomic E-state index is 0.342. The molecule has 1 aromatic rings. The Morgan fingerprint density at radius 1 is 1.33 bits per heavy atom. The third-order valence-electron chi connectivity index (χ3n) is 1.75. The highest BCUT2D eigenvalue weighted by atomic mass is 19.1. The van der Waals surface area contributed by atoms with Gasteiger partial charge in [-0.25, -0.2) is 8.78 Å². The molecule has 0 aliphatic carbocycles. The molecule has 0 heterocycles. The molecule has 0 amide bonds. The van der Waals surface area contributed by atoms with Crippen LogP contribution < -0.4 is 0 Å². The van der Waals surface area contributed by atoms with Gasteiger partial charge >= 0.3 is 0 Å². The van der Waals surface area contributed by atoms with Crippen molar-refractivity contribution in [3.8, 4) is 0 Å². The molecule has 3 heteroatoms. The first-order valence-electron chi connectivity index (χ1n) is 3.63. The van der Waals surface area contributed by atoms with E-state index in [9.17, 15) is 8.78 Å². The summed E-state index contributed by atoms with van der Waals surface area (Å²) in [6.07, 6.45) is -0.342. The summed E-state index contributed by atoms with van der Waals surface area (Å²) in [5, 5.41) is 0. The average Bonchev–Trinajstić information content (AvgIpc) is 2.03. The van der Waals surface area contributed by atoms with Crippen molar-refractivity contribution in [2.45, 2.75) is 13.0 Å². The third kappa shape index (κ3) is 1.80. The first-order valence-corrected chi connectivity index (χ1v) is 3.63. The fourth-order valence-corrected chi connectivity index (χ4v) is 0.958. The minimum atomic E-state index is -0.570. The molecule has 0 fully saturated rings. The summed E-state index contributed by atoms with van der Waals surface area (Å²) in [6, 6.07) is 3.46. The van der Waals surface area contributed by atoms with E-state index in [-0.39, 0.29) is 6.10 Å². The highest BCUT2D eigenvalue weighted by Crippen LogP contribution is 2.19. The molecule has 0 aliphatic heterocycles. The van der Waals surface area contributed by atoms with E-state index in [1.165, 1.54) is 19.2 Å². The van der Waals surface area contributed by atoms with Gasteiger partial charge in [0.05, 0.1) is 6.10 Å². The van der Waals surface area contributed by atoms with Crippen molar-refractivity contribution in [3.63, 3.8) is 0 Å². The number of halogens is 2. The highest BCUT2D eigenvalue weighted by Gasteiger charge is 2.09. The van der Waals surface area contributed by atoms with Crippen LogP contribution in [0.25, 0.3) is 0 Å². The molecule has 0 spiro atoms. The van der Waals surface area contributed by atoms with Gasteiger partial charge in [0.1, 0.15) is 11.6 Å². The monoisotopic (exact) mass is 172 g/mol. The molecule has 1 aromatic carbocycles. The number of benzene rings is 1. The summed E-state index contributed by atoms with van der Waals surface area (Å²) in [4.78, 5) is 0. The predicted octanol–water partition coefficient (Wildman–Crippen LogP) is 2.67. The number of rotatable bonds is 2. The average molecular weight is 172 g/mol. The Labute approximate surface area is 70.0 Å². The molecule has 0 aliphatic rings. The molecule has 0 bridgehead atoms. The Balaban J connectivity index is 3.01. The number of hydrogen-bond acceptors (Lipinski definition) is 1. The van der Waals surface area contributed by atoms with E-state index in [4.69, 9.17) is 4.74 Å². The van der Waals surface area contributed by atoms with Crippen LogP contribution in [0.15, 0.2) is 18.2 Å². The molecule has 0 aromatic heterocycles. The zero-order chi connectivity index (χ0) is 9.14. The van der Waals surface area contributed by atoms with Crippen LogP contribution in [0.5, 0.6) is 0 Å². The van der Waals surface area contributed by atoms with Crippen molar-refractivity contribution in [2.24, 2.45) is 0 Å². The van der Waals surface area contributed by atoms with E-state index in [1.807, 2.05) is 0 Å². The number of ether oxygens (including phenoxy) is 1. The summed E-state index contributed by atoms with van der Waals surface area (Å²) in [7, 11) is 1.48. The van der Waals surface area contributed by atoms with Crippen LogP contribution in [0.2, 0.25) is 0 Å². The van der Waals surface area contributed by atoms with Crippen LogP contribution in [-0.2, 0) is 4.74 Å². The zero-order valence-electron chi connectivity index (χ0n) is 6.97. The maximum atomic E-state index is 13.0. The van der Waals surface area contributed by atoms with E-state index in [2.05, 4.69) is 0 Å². The first kappa shape index (κ1) is 9.13. The van der Waals surface area contributed by atoms with Crippen molar-refractivity contribution in [1.29, 1.82) is 0 Å². The molecular weight excluding hydrogens is 162 g/mol. The molecule has 0 saturated carbocycles. The Kier molecular flexibility index (Phi) is 2.76. The van der Waals surface area contributed by atoms with Crippen LogP contribution in [0, 0.1) is 11.6 Å². The molecule has 12 heavy (non-hydrogen) atoms. The summed E-state index contributed by atoms with van der Waals surface area (Å²) in [5.74, 6) is -1.14. The fourth-order valence-electron chi connectivity index (χ4n) is 0.958. The second kappa shape index (κ2) is 3.63. The zero-order valence-corrected chi connectivity index (χ0v) is 6.97. The number of methoxy groups -OCH3 is 1. The van der Waals surface area contributed by atoms with E-state index in [1.54, 1.807) is 6.92 Å². The van der Waals surface area contributed by atoms with E-state index in [0.717, 1.165) is 6.07 Å². The third-order valence-corrected chi connectivity index (χ3v) is 1.75. The van der Waals surface area contributed by atoms with Gasteiger partial charge in [0, 0.05) is 18.7 Å². The van der Waals surface area contributed by atoms with Crippen LogP contribution >= 0.6 is 0 Å². The van der Waals surface area contributed by atoms with Gasteiger partial charge in [-0.2, -0.15) is 0 Å². The lowest BCUT2D eigenvalue weighted by Gasteiger charge is -2.10. The van der Waals surface area contributed by atoms with Gasteiger partial charge in [-0.1, -0.05) is 6.07 Å². The topological polar surface area (TPSA) is 9.23 Å². The SMILES string of the molecule is CO[C@H](C)c1ccc(F)cc1F. The normalized spacial score (nSPS) is 13.0. The van der Waals surface area contributed by atoms with Crippen LogP contribution in [0.3, 0.4) is 0 Å². The van der Waals surface area contributed by atoms with Gasteiger partial charge in [0.2, 0.25) is 0 Å². The molecule has 1 rings (SSSR count). The Hall–Kier alpha value is -0.960. The molecule has 0 saturated heterocycles. The summed E-state index contributed by atoms with van der Waals surface area (Å²) < 4.78 is 30.3. The van der Waals surface area contributed by atoms with Gasteiger partial charge in [-0.3, -0.25) is 0 Å². The fraction of sp³-hybridized carbons (Fsp3) is 0.333. The smallest absolute Gasteiger partial charge is 0.131 e. The molecule has 1 nitrogen and oxygen atoms in total. The molecule has 0 unspecified atom stereocenters. The van der Waals surface area contributed by atoms with Crippen molar-refractivity contribution in [2.75, 3.05) is 7.11 Å². The minimum Gasteiger partial charge on any atom is -0.377 e. The van der Waals surface area contributed by atoms with E-state index >= 15 is 0 Å². The second-order valence-corrected chi connectivity index (χ2v) is 2.54. The summed E-state index contributed by atoms with van der Waals surface area (Å²) in [5.41, 5.74) is 0.374. The molecule has 0 radical (unpaired) electrons. The van der Waals surface area contributed by atoms with Crippen molar-refractivity contribution in [3.05, 3.63) is 35.4 Å². The maximum Gasteiger partial charge on any atom is 0.131 e. The Morgan fingerprint density at radius 3 is 2.50 bits per heavy atom. The van der Waals surface area contributed by atoms with Crippen LogP contribution in [-0.4, -0.2) is 7.11 Å². The van der Waals surface area contributed by atoms with Gasteiger partial charge in [0.25, 0.3) is 0 Å². The molecule has 1 atom stereocenters. The molecule has 0 N–H and O–H groups in total. The lowest BCUT2D eigenvalue weighted by Crippen LogP contribution is -1.99. The second-order valence-electron chi connectivity index (χ2n) is 2.54. The van der Waals surface area contributed by atoms with Gasteiger partial charge in [0.15, 0.2) is 0 Å². The van der Waals surface area contributed by atoms with E-state index < -0.39 is 11.6 Å². The lowest BCUT2D eigenvalue weighted by molar-refractivity contribution is 0.116. The lowest BCUT2D eigenvalue weighted by atomic mass is 10.1. The Bertz CT molecular complexity index is 273. The van der Waals surface area contributed by atoms with Gasteiger partial charge in [-0.15, -0.1) is 0 Å². The van der Waals surface area contributed by atoms with Crippen LogP contribution in [0.1, 0.15) is 18.6 Å². The molecule has 66 valence electrons. The quantitative estimate of drug-likeness (QED) is 0.666. The summed E-state index contributed by atoms with van der Waals surface area (Å²) in [6.45, 7) is 1.70. The Morgan fingerprint density at radius 2 is 2.00 bits per heavy atom. The highest BCUT2D eigenvalue weighted by molar-refractivity contribution is 5.20. The maximum absolute atomic E-state index is 13.0. The van der Waals surface area contributed by atoms with Crippen LogP contribution in [0.4, 0.5) is 8.78 Å². The first-order chi connectivity index (χ1) is 5.65. The standard InChI is InChI=1S/C9H10F2O/c1-6(12-2)8-4-3-7(10)5-9(8)11/h3-6H,1-2H3/t6-/m1/s1. The summed E-state index contributed by atoms with van der Waals surface area (Å²) >= 11 is 0. The largest absolute Gasteiger partial charge is 0.377 e.